The Morgan fingerprint density at radius 1 is 1.32 bits per heavy atom. The van der Waals surface area contributed by atoms with Gasteiger partial charge in [-0.1, -0.05) is 6.07 Å². The average molecular weight is 277 g/mol. The summed E-state index contributed by atoms with van der Waals surface area (Å²) in [7, 11) is 1.64. The van der Waals surface area contributed by atoms with Crippen molar-refractivity contribution in [3.63, 3.8) is 0 Å². The maximum absolute atomic E-state index is 10.5. The first-order valence-electron chi connectivity index (χ1n) is 6.25. The van der Waals surface area contributed by atoms with E-state index in [1.807, 2.05) is 32.2 Å². The lowest BCUT2D eigenvalue weighted by molar-refractivity contribution is 0.172. The van der Waals surface area contributed by atoms with Crippen LogP contribution in [0.25, 0.3) is 0 Å². The number of thiazole rings is 1. The van der Waals surface area contributed by atoms with Gasteiger partial charge in [0.05, 0.1) is 23.9 Å². The van der Waals surface area contributed by atoms with Crippen LogP contribution in [0.4, 0.5) is 0 Å². The number of aliphatic hydroxyl groups is 1. The Morgan fingerprint density at radius 3 is 2.63 bits per heavy atom. The van der Waals surface area contributed by atoms with E-state index in [-0.39, 0.29) is 0 Å². The minimum absolute atomic E-state index is 0.518. The van der Waals surface area contributed by atoms with Crippen LogP contribution >= 0.6 is 11.3 Å². The molecule has 1 heterocycles. The summed E-state index contributed by atoms with van der Waals surface area (Å²) in [6.07, 6.45) is -0.0676. The first kappa shape index (κ1) is 14.0. The second kappa shape index (κ2) is 5.72. The Balaban J connectivity index is 2.30. The highest BCUT2D eigenvalue weighted by Crippen LogP contribution is 2.32. The van der Waals surface area contributed by atoms with Gasteiger partial charge in [-0.05, 0) is 38.0 Å². The maximum Gasteiger partial charge on any atom is 0.125 e. The normalized spacial score (nSPS) is 12.5. The molecule has 0 aliphatic carbocycles. The quantitative estimate of drug-likeness (QED) is 0.932. The van der Waals surface area contributed by atoms with Gasteiger partial charge in [0.15, 0.2) is 0 Å². The van der Waals surface area contributed by atoms with Gasteiger partial charge in [-0.3, -0.25) is 0 Å². The van der Waals surface area contributed by atoms with Gasteiger partial charge in [0.25, 0.3) is 0 Å². The Labute approximate surface area is 117 Å². The van der Waals surface area contributed by atoms with Gasteiger partial charge in [0.2, 0.25) is 0 Å². The maximum atomic E-state index is 10.5. The highest BCUT2D eigenvalue weighted by Gasteiger charge is 2.18. The summed E-state index contributed by atoms with van der Waals surface area (Å²) < 4.78 is 5.39. The molecule has 1 aromatic carbocycles. The lowest BCUT2D eigenvalue weighted by Gasteiger charge is -2.17. The fourth-order valence-corrected chi connectivity index (χ4v) is 2.96. The van der Waals surface area contributed by atoms with Crippen LogP contribution < -0.4 is 4.74 Å². The third-order valence-electron chi connectivity index (χ3n) is 3.12. The van der Waals surface area contributed by atoms with Crippen molar-refractivity contribution in [2.75, 3.05) is 7.11 Å². The smallest absolute Gasteiger partial charge is 0.125 e. The molecule has 4 heteroatoms. The van der Waals surface area contributed by atoms with E-state index in [1.54, 1.807) is 18.4 Å². The number of rotatable bonds is 4. The summed E-state index contributed by atoms with van der Waals surface area (Å²) in [5.74, 6) is 0.747. The van der Waals surface area contributed by atoms with E-state index in [4.69, 9.17) is 4.74 Å². The lowest BCUT2D eigenvalue weighted by atomic mass is 9.97. The van der Waals surface area contributed by atoms with Crippen LogP contribution in [0.3, 0.4) is 0 Å². The Kier molecular flexibility index (Phi) is 4.22. The zero-order valence-electron chi connectivity index (χ0n) is 11.7. The van der Waals surface area contributed by atoms with E-state index in [9.17, 15) is 5.11 Å². The molecule has 1 N–H and O–H groups in total. The molecule has 0 fully saturated rings. The monoisotopic (exact) mass is 277 g/mol. The third kappa shape index (κ3) is 3.14. The average Bonchev–Trinajstić information content (AvgIpc) is 2.73. The molecular formula is C15H19NO2S. The summed E-state index contributed by atoms with van der Waals surface area (Å²) in [6, 6.07) is 4.02. The molecular weight excluding hydrogens is 258 g/mol. The minimum atomic E-state index is -0.586. The van der Waals surface area contributed by atoms with Crippen LogP contribution in [0.5, 0.6) is 5.75 Å². The van der Waals surface area contributed by atoms with Crippen molar-refractivity contribution in [2.24, 2.45) is 0 Å². The van der Waals surface area contributed by atoms with Crippen LogP contribution in [0, 0.1) is 20.8 Å². The predicted molar refractivity (Wildman–Crippen MR) is 78.0 cm³/mol. The van der Waals surface area contributed by atoms with Gasteiger partial charge in [-0.25, -0.2) is 4.98 Å². The van der Waals surface area contributed by atoms with Gasteiger partial charge in [0.1, 0.15) is 5.75 Å². The van der Waals surface area contributed by atoms with Crippen molar-refractivity contribution < 1.29 is 9.84 Å². The first-order valence-corrected chi connectivity index (χ1v) is 7.13. The molecule has 0 bridgehead atoms. The standard InChI is InChI=1S/C15H19NO2S/c1-9-5-10(2)15(14(6-9)18-4)13(17)7-12-8-19-11(3)16-12/h5-6,8,13,17H,7H2,1-4H3. The number of aliphatic hydroxyl groups excluding tert-OH is 1. The molecule has 0 radical (unpaired) electrons. The van der Waals surface area contributed by atoms with Gasteiger partial charge in [-0.15, -0.1) is 11.3 Å². The van der Waals surface area contributed by atoms with Crippen molar-refractivity contribution in [3.8, 4) is 5.75 Å². The number of ether oxygens (including phenoxy) is 1. The summed E-state index contributed by atoms with van der Waals surface area (Å²) in [5.41, 5.74) is 3.97. The summed E-state index contributed by atoms with van der Waals surface area (Å²) in [4.78, 5) is 4.40. The van der Waals surface area contributed by atoms with Crippen LogP contribution in [-0.2, 0) is 6.42 Å². The zero-order valence-corrected chi connectivity index (χ0v) is 12.5. The largest absolute Gasteiger partial charge is 0.496 e. The van der Waals surface area contributed by atoms with Gasteiger partial charge < -0.3 is 9.84 Å². The molecule has 1 aromatic heterocycles. The minimum Gasteiger partial charge on any atom is -0.496 e. The number of hydrogen-bond donors (Lipinski definition) is 1. The molecule has 2 aromatic rings. The number of benzene rings is 1. The van der Waals surface area contributed by atoms with E-state index in [0.717, 1.165) is 33.1 Å². The summed E-state index contributed by atoms with van der Waals surface area (Å²) in [5, 5.41) is 13.5. The van der Waals surface area contributed by atoms with E-state index in [1.165, 1.54) is 0 Å². The van der Waals surface area contributed by atoms with Gasteiger partial charge in [-0.2, -0.15) is 0 Å². The topological polar surface area (TPSA) is 42.4 Å². The molecule has 0 spiro atoms. The van der Waals surface area contributed by atoms with Crippen molar-refractivity contribution in [1.29, 1.82) is 0 Å². The molecule has 0 amide bonds. The molecule has 2 rings (SSSR count). The van der Waals surface area contributed by atoms with Crippen LogP contribution in [-0.4, -0.2) is 17.2 Å². The molecule has 0 saturated heterocycles. The number of aromatic nitrogens is 1. The summed E-state index contributed by atoms with van der Waals surface area (Å²) in [6.45, 7) is 5.99. The molecule has 0 aliphatic heterocycles. The van der Waals surface area contributed by atoms with Crippen LogP contribution in [0.2, 0.25) is 0 Å². The van der Waals surface area contributed by atoms with E-state index in [2.05, 4.69) is 11.1 Å². The second-order valence-corrected chi connectivity index (χ2v) is 5.84. The van der Waals surface area contributed by atoms with Gasteiger partial charge >= 0.3 is 0 Å². The van der Waals surface area contributed by atoms with Crippen molar-refractivity contribution >= 4 is 11.3 Å². The molecule has 102 valence electrons. The first-order chi connectivity index (χ1) is 9.01. The fraction of sp³-hybridized carbons (Fsp3) is 0.400. The number of methoxy groups -OCH3 is 1. The number of aryl methyl sites for hydroxylation is 3. The Hall–Kier alpha value is -1.39. The summed E-state index contributed by atoms with van der Waals surface area (Å²) >= 11 is 1.60. The highest BCUT2D eigenvalue weighted by molar-refractivity contribution is 7.09. The fourth-order valence-electron chi connectivity index (χ4n) is 2.34. The molecule has 1 unspecified atom stereocenters. The Bertz CT molecular complexity index is 578. The third-order valence-corrected chi connectivity index (χ3v) is 3.94. The van der Waals surface area contributed by atoms with Crippen molar-refractivity contribution in [3.05, 3.63) is 44.9 Å². The van der Waals surface area contributed by atoms with Gasteiger partial charge in [0, 0.05) is 17.4 Å². The van der Waals surface area contributed by atoms with Crippen LogP contribution in [0.15, 0.2) is 17.5 Å². The van der Waals surface area contributed by atoms with E-state index in [0.29, 0.717) is 6.42 Å². The van der Waals surface area contributed by atoms with E-state index >= 15 is 0 Å². The van der Waals surface area contributed by atoms with Crippen LogP contribution in [0.1, 0.15) is 33.5 Å². The Morgan fingerprint density at radius 2 is 2.05 bits per heavy atom. The van der Waals surface area contributed by atoms with Crippen molar-refractivity contribution in [2.45, 2.75) is 33.3 Å². The van der Waals surface area contributed by atoms with E-state index < -0.39 is 6.10 Å². The lowest BCUT2D eigenvalue weighted by Crippen LogP contribution is -2.07. The number of hydrogen-bond acceptors (Lipinski definition) is 4. The molecule has 3 nitrogen and oxygen atoms in total. The molecule has 1 atom stereocenters. The zero-order chi connectivity index (χ0) is 14.0. The number of nitrogens with zero attached hydrogens (tertiary/aromatic N) is 1. The predicted octanol–water partition coefficient (Wildman–Crippen LogP) is 3.35. The molecule has 0 aliphatic rings. The highest BCUT2D eigenvalue weighted by atomic mass is 32.1. The molecule has 0 saturated carbocycles. The SMILES string of the molecule is COc1cc(C)cc(C)c1C(O)Cc1csc(C)n1. The second-order valence-electron chi connectivity index (χ2n) is 4.78. The van der Waals surface area contributed by atoms with Crippen molar-refractivity contribution in [1.82, 2.24) is 4.98 Å². The molecule has 19 heavy (non-hydrogen) atoms.